The molecule has 1 aliphatic rings. The zero-order valence-corrected chi connectivity index (χ0v) is 18.4. The van der Waals surface area contributed by atoms with Gasteiger partial charge < -0.3 is 14.5 Å². The molecule has 1 aliphatic heterocycles. The van der Waals surface area contributed by atoms with Crippen LogP contribution in [0.5, 0.6) is 5.75 Å². The summed E-state index contributed by atoms with van der Waals surface area (Å²) >= 11 is 0. The van der Waals surface area contributed by atoms with Crippen LogP contribution in [0.15, 0.2) is 71.8 Å². The number of hydrogen-bond acceptors (Lipinski definition) is 6. The fourth-order valence-corrected chi connectivity index (χ4v) is 3.79. The van der Waals surface area contributed by atoms with Gasteiger partial charge in [0, 0.05) is 51.7 Å². The van der Waals surface area contributed by atoms with Crippen molar-refractivity contribution in [2.75, 3.05) is 32.7 Å². The van der Waals surface area contributed by atoms with Crippen molar-refractivity contribution in [3.05, 3.63) is 84.1 Å². The minimum atomic E-state index is -0.162. The predicted molar refractivity (Wildman–Crippen MR) is 122 cm³/mol. The van der Waals surface area contributed by atoms with Gasteiger partial charge in [0.2, 0.25) is 0 Å². The first-order valence-electron chi connectivity index (χ1n) is 11.1. The number of ether oxygens (including phenoxy) is 1. The smallest absolute Gasteiger partial charge is 0.254 e. The number of rotatable bonds is 9. The van der Waals surface area contributed by atoms with Crippen LogP contribution in [-0.2, 0) is 13.1 Å². The lowest BCUT2D eigenvalue weighted by atomic mass is 10.2. The second kappa shape index (κ2) is 10.9. The minimum Gasteiger partial charge on any atom is -0.489 e. The van der Waals surface area contributed by atoms with Crippen molar-refractivity contribution in [2.45, 2.75) is 26.1 Å². The lowest BCUT2D eigenvalue weighted by Gasteiger charge is -2.34. The maximum Gasteiger partial charge on any atom is 0.254 e. The normalized spacial score (nSPS) is 15.9. The predicted octanol–water partition coefficient (Wildman–Crippen LogP) is 3.19. The number of nitrogens with zero attached hydrogens (tertiary/aromatic N) is 3. The zero-order chi connectivity index (χ0) is 22.2. The molecule has 168 valence electrons. The molecule has 1 fully saturated rings. The third-order valence-corrected chi connectivity index (χ3v) is 5.59. The molecule has 7 nitrogen and oxygen atoms in total. The average Bonchev–Trinajstić information content (AvgIpc) is 3.36. The number of furan rings is 1. The Morgan fingerprint density at radius 2 is 1.78 bits per heavy atom. The molecule has 1 amide bonds. The Balaban J connectivity index is 1.17. The third kappa shape index (κ3) is 6.42. The van der Waals surface area contributed by atoms with E-state index >= 15 is 0 Å². The van der Waals surface area contributed by atoms with Crippen LogP contribution in [-0.4, -0.2) is 59.5 Å². The number of carbonyl (C=O) groups is 1. The highest BCUT2D eigenvalue weighted by Crippen LogP contribution is 2.16. The van der Waals surface area contributed by atoms with Gasteiger partial charge in [0.05, 0.1) is 18.4 Å². The minimum absolute atomic E-state index is 0.135. The van der Waals surface area contributed by atoms with Gasteiger partial charge in [-0.15, -0.1) is 0 Å². The molecule has 0 bridgehead atoms. The molecule has 0 radical (unpaired) electrons. The van der Waals surface area contributed by atoms with Crippen LogP contribution in [0.2, 0.25) is 0 Å². The molecular formula is C25H30N4O3. The molecule has 0 spiro atoms. The van der Waals surface area contributed by atoms with Crippen molar-refractivity contribution in [1.29, 1.82) is 0 Å². The summed E-state index contributed by atoms with van der Waals surface area (Å²) in [5, 5.41) is 2.85. The van der Waals surface area contributed by atoms with Gasteiger partial charge in [-0.3, -0.25) is 19.6 Å². The maximum absolute atomic E-state index is 12.0. The summed E-state index contributed by atoms with van der Waals surface area (Å²) in [6, 6.07) is 14.0. The van der Waals surface area contributed by atoms with Crippen LogP contribution in [0.3, 0.4) is 0 Å². The SMILES string of the molecule is C[C@@H](CNC(=O)c1ccoc1)Oc1ccc(CN2CCN(Cc3cccnc3)CC2)cc1. The molecule has 1 N–H and O–H groups in total. The highest BCUT2D eigenvalue weighted by molar-refractivity contribution is 5.93. The van der Waals surface area contributed by atoms with Gasteiger partial charge in [-0.25, -0.2) is 0 Å². The molecule has 0 unspecified atom stereocenters. The van der Waals surface area contributed by atoms with Crippen LogP contribution in [0, 0.1) is 0 Å². The Morgan fingerprint density at radius 1 is 1.06 bits per heavy atom. The summed E-state index contributed by atoms with van der Waals surface area (Å²) in [5.74, 6) is 0.644. The fraction of sp³-hybridized carbons (Fsp3) is 0.360. The third-order valence-electron chi connectivity index (χ3n) is 5.59. The van der Waals surface area contributed by atoms with E-state index in [1.807, 2.05) is 37.5 Å². The van der Waals surface area contributed by atoms with Crippen LogP contribution >= 0.6 is 0 Å². The molecule has 3 heterocycles. The monoisotopic (exact) mass is 434 g/mol. The molecule has 3 aromatic rings. The average molecular weight is 435 g/mol. The zero-order valence-electron chi connectivity index (χ0n) is 18.4. The van der Waals surface area contributed by atoms with Crippen LogP contribution in [0.4, 0.5) is 0 Å². The molecule has 32 heavy (non-hydrogen) atoms. The largest absolute Gasteiger partial charge is 0.489 e. The Labute approximate surface area is 189 Å². The van der Waals surface area contributed by atoms with Crippen molar-refractivity contribution < 1.29 is 13.9 Å². The van der Waals surface area contributed by atoms with E-state index in [9.17, 15) is 4.79 Å². The lowest BCUT2D eigenvalue weighted by Crippen LogP contribution is -2.45. The molecule has 1 atom stereocenters. The van der Waals surface area contributed by atoms with Gasteiger partial charge in [0.1, 0.15) is 18.1 Å². The summed E-state index contributed by atoms with van der Waals surface area (Å²) in [5.41, 5.74) is 3.06. The van der Waals surface area contributed by atoms with E-state index in [0.29, 0.717) is 12.1 Å². The molecule has 7 heteroatoms. The summed E-state index contributed by atoms with van der Waals surface area (Å²) in [6.07, 6.45) is 6.55. The molecule has 2 aromatic heterocycles. The van der Waals surface area contributed by atoms with E-state index in [1.54, 1.807) is 6.07 Å². The van der Waals surface area contributed by atoms with Crippen LogP contribution < -0.4 is 10.1 Å². The van der Waals surface area contributed by atoms with Crippen molar-refractivity contribution >= 4 is 5.91 Å². The first kappa shape index (κ1) is 22.0. The standard InChI is InChI=1S/C25H30N4O3/c1-20(15-27-25(30)23-8-14-31-19-23)32-24-6-4-21(5-7-24)17-28-10-12-29(13-11-28)18-22-3-2-9-26-16-22/h2-9,14,16,19-20H,10-13,15,17-18H2,1H3,(H,27,30)/t20-/m0/s1. The number of carbonyl (C=O) groups excluding carboxylic acids is 1. The van der Waals surface area contributed by atoms with Crippen molar-refractivity contribution in [3.8, 4) is 5.75 Å². The number of pyridine rings is 1. The maximum atomic E-state index is 12.0. The van der Waals surface area contributed by atoms with E-state index in [2.05, 4.69) is 38.3 Å². The molecule has 1 aromatic carbocycles. The Hall–Kier alpha value is -3.16. The van der Waals surface area contributed by atoms with Gasteiger partial charge in [-0.2, -0.15) is 0 Å². The second-order valence-electron chi connectivity index (χ2n) is 8.21. The van der Waals surface area contributed by atoms with E-state index < -0.39 is 0 Å². The Bertz CT molecular complexity index is 953. The number of amides is 1. The van der Waals surface area contributed by atoms with Crippen molar-refractivity contribution in [1.82, 2.24) is 20.1 Å². The first-order chi connectivity index (χ1) is 15.7. The Kier molecular flexibility index (Phi) is 7.53. The highest BCUT2D eigenvalue weighted by atomic mass is 16.5. The number of aromatic nitrogens is 1. The van der Waals surface area contributed by atoms with Gasteiger partial charge in [-0.1, -0.05) is 18.2 Å². The molecular weight excluding hydrogens is 404 g/mol. The fourth-order valence-electron chi connectivity index (χ4n) is 3.79. The lowest BCUT2D eigenvalue weighted by molar-refractivity contribution is 0.0931. The van der Waals surface area contributed by atoms with Crippen molar-refractivity contribution in [3.63, 3.8) is 0 Å². The summed E-state index contributed by atoms with van der Waals surface area (Å²) in [7, 11) is 0. The summed E-state index contributed by atoms with van der Waals surface area (Å²) in [6.45, 7) is 8.53. The molecule has 1 saturated heterocycles. The van der Waals surface area contributed by atoms with Crippen LogP contribution in [0.25, 0.3) is 0 Å². The first-order valence-corrected chi connectivity index (χ1v) is 11.1. The van der Waals surface area contributed by atoms with E-state index in [0.717, 1.165) is 45.0 Å². The summed E-state index contributed by atoms with van der Waals surface area (Å²) < 4.78 is 10.9. The van der Waals surface area contributed by atoms with E-state index in [4.69, 9.17) is 9.15 Å². The molecule has 0 saturated carbocycles. The van der Waals surface area contributed by atoms with Gasteiger partial charge in [0.15, 0.2) is 0 Å². The highest BCUT2D eigenvalue weighted by Gasteiger charge is 2.17. The number of nitrogens with one attached hydrogen (secondary N) is 1. The summed E-state index contributed by atoms with van der Waals surface area (Å²) in [4.78, 5) is 21.1. The van der Waals surface area contributed by atoms with Gasteiger partial charge in [-0.05, 0) is 42.3 Å². The number of benzene rings is 1. The number of hydrogen-bond donors (Lipinski definition) is 1. The Morgan fingerprint density at radius 3 is 2.41 bits per heavy atom. The van der Waals surface area contributed by atoms with Gasteiger partial charge >= 0.3 is 0 Å². The van der Waals surface area contributed by atoms with E-state index in [1.165, 1.54) is 23.7 Å². The molecule has 4 rings (SSSR count). The second-order valence-corrected chi connectivity index (χ2v) is 8.21. The number of piperazine rings is 1. The van der Waals surface area contributed by atoms with Gasteiger partial charge in [0.25, 0.3) is 5.91 Å². The molecule has 0 aliphatic carbocycles. The van der Waals surface area contributed by atoms with E-state index in [-0.39, 0.29) is 12.0 Å². The topological polar surface area (TPSA) is 70.8 Å². The quantitative estimate of drug-likeness (QED) is 0.558. The van der Waals surface area contributed by atoms with Crippen molar-refractivity contribution in [2.24, 2.45) is 0 Å². The van der Waals surface area contributed by atoms with Crippen LogP contribution in [0.1, 0.15) is 28.4 Å².